The average molecular weight is 1150 g/mol. The number of halogens is 4. The number of hydrogen-bond donors (Lipinski definition) is 1. The fourth-order valence-electron chi connectivity index (χ4n) is 3.11. The molecular formula is C54H119BF4NO4SW. The molecule has 2 atom stereocenters. The van der Waals surface area contributed by atoms with Gasteiger partial charge in [-0.1, -0.05) is 158 Å². The third-order valence-electron chi connectivity index (χ3n) is 9.63. The molecule has 0 heterocycles. The molecule has 2 aliphatic carbocycles. The van der Waals surface area contributed by atoms with Crippen molar-refractivity contribution in [3.05, 3.63) is 27.0 Å². The second kappa shape index (κ2) is 43.8. The number of hydrogen-bond acceptors (Lipinski definition) is 4. The predicted octanol–water partition coefficient (Wildman–Crippen LogP) is 18.4. The zero-order chi connectivity index (χ0) is 49.3. The van der Waals surface area contributed by atoms with Crippen molar-refractivity contribution >= 4 is 18.4 Å². The number of nitrogens with one attached hydrogen (secondary N) is 1. The van der Waals surface area contributed by atoms with E-state index in [4.69, 9.17) is 9.47 Å². The first-order valence-corrected chi connectivity index (χ1v) is 24.7. The predicted molar refractivity (Wildman–Crippen MR) is 289 cm³/mol. The van der Waals surface area contributed by atoms with E-state index < -0.39 is 34.2 Å². The Hall–Kier alpha value is 0.0432. The van der Waals surface area contributed by atoms with Crippen LogP contribution in [0, 0.1) is 55.3 Å². The molecule has 0 aromatic carbocycles. The van der Waals surface area contributed by atoms with Crippen molar-refractivity contribution in [1.29, 1.82) is 0 Å². The van der Waals surface area contributed by atoms with Crippen LogP contribution in [0.25, 0.3) is 0 Å². The van der Waals surface area contributed by atoms with Crippen molar-refractivity contribution < 1.29 is 56.5 Å². The zero-order valence-corrected chi connectivity index (χ0v) is 51.2. The van der Waals surface area contributed by atoms with Gasteiger partial charge < -0.3 is 24.3 Å². The molecule has 0 unspecified atom stereocenters. The number of allylic oxidation sites excluding steroid dienone is 2. The maximum absolute atomic E-state index is 12.9. The molecule has 3 radical (unpaired) electrons. The number of rotatable bonds is 12. The molecule has 12 heteroatoms. The van der Waals surface area contributed by atoms with Crippen LogP contribution in [0.3, 0.4) is 0 Å². The number of sulfonamides is 1. The van der Waals surface area contributed by atoms with Gasteiger partial charge in [0.05, 0.1) is 28.7 Å². The van der Waals surface area contributed by atoms with Gasteiger partial charge in [0.25, 0.3) is 5.92 Å². The number of ether oxygens (including phenoxy) is 2. The van der Waals surface area contributed by atoms with E-state index in [1.54, 1.807) is 6.08 Å². The minimum Gasteiger partial charge on any atom is -0.370 e. The van der Waals surface area contributed by atoms with E-state index in [9.17, 15) is 26.0 Å². The second-order valence-corrected chi connectivity index (χ2v) is 24.7. The van der Waals surface area contributed by atoms with Crippen LogP contribution in [-0.2, 0) is 40.6 Å². The molecule has 2 rings (SSSR count). The third kappa shape index (κ3) is 64.0. The van der Waals surface area contributed by atoms with Crippen LogP contribution in [0.15, 0.2) is 12.2 Å². The molecule has 0 spiro atoms. The summed E-state index contributed by atoms with van der Waals surface area (Å²) in [7, 11) is -2.94. The van der Waals surface area contributed by atoms with Crippen molar-refractivity contribution in [2.24, 2.45) is 40.4 Å². The van der Waals surface area contributed by atoms with Crippen LogP contribution >= 0.6 is 0 Å². The summed E-state index contributed by atoms with van der Waals surface area (Å²) in [5.74, 6) is -1.52. The first-order chi connectivity index (χ1) is 26.5. The van der Waals surface area contributed by atoms with Crippen molar-refractivity contribution in [3.8, 4) is 0 Å². The zero-order valence-electron chi connectivity index (χ0n) is 47.4. The van der Waals surface area contributed by atoms with Crippen LogP contribution < -0.4 is 4.72 Å². The van der Waals surface area contributed by atoms with Crippen molar-refractivity contribution in [2.75, 3.05) is 0 Å². The molecule has 0 bridgehead atoms. The summed E-state index contributed by atoms with van der Waals surface area (Å²) in [5.41, 5.74) is 0.773. The number of alkyl halides is 4. The molecule has 2 fully saturated rings. The normalized spacial score (nSPS) is 15.8. The van der Waals surface area contributed by atoms with Gasteiger partial charge in [0.2, 0.25) is 16.4 Å². The first-order valence-electron chi connectivity index (χ1n) is 23.2. The summed E-state index contributed by atoms with van der Waals surface area (Å²) in [5, 5.41) is -0.0881. The topological polar surface area (TPSA) is 64.6 Å². The summed E-state index contributed by atoms with van der Waals surface area (Å²) in [4.78, 5) is 0. The first kappa shape index (κ1) is 92.2. The van der Waals surface area contributed by atoms with Gasteiger partial charge in [-0.15, -0.1) is 0 Å². The van der Waals surface area contributed by atoms with E-state index in [1.807, 2.05) is 27.7 Å². The Morgan fingerprint density at radius 2 is 0.879 bits per heavy atom. The monoisotopic (exact) mass is 1150 g/mol. The van der Waals surface area contributed by atoms with E-state index in [1.165, 1.54) is 40.5 Å². The molecule has 2 saturated carbocycles. The van der Waals surface area contributed by atoms with Crippen molar-refractivity contribution in [1.82, 2.24) is 4.72 Å². The van der Waals surface area contributed by atoms with Gasteiger partial charge in [-0.25, -0.2) is 30.7 Å². The average Bonchev–Trinajstić information content (AvgIpc) is 3.88. The fourth-order valence-corrected chi connectivity index (χ4v) is 4.72. The van der Waals surface area contributed by atoms with Gasteiger partial charge in [0.1, 0.15) is 0 Å². The van der Waals surface area contributed by atoms with E-state index in [0.717, 1.165) is 50.0 Å². The minimum absolute atomic E-state index is 0. The molecule has 1 N–H and O–H groups in total. The van der Waals surface area contributed by atoms with E-state index >= 15 is 0 Å². The van der Waals surface area contributed by atoms with Gasteiger partial charge in [-0.3, -0.25) is 0 Å². The summed E-state index contributed by atoms with van der Waals surface area (Å²) in [6.45, 7) is 53.2. The molecule has 0 amide bonds. The Morgan fingerprint density at radius 1 is 0.606 bits per heavy atom. The molecule has 407 valence electrons. The van der Waals surface area contributed by atoms with E-state index in [0.29, 0.717) is 29.0 Å². The fraction of sp³-hybridized carbons (Fsp3) is 0.926. The molecule has 5 nitrogen and oxygen atoms in total. The molecule has 0 aliphatic heterocycles. The van der Waals surface area contributed by atoms with Crippen LogP contribution in [0.2, 0.25) is 0 Å². The molecule has 2 aliphatic rings. The molecule has 66 heavy (non-hydrogen) atoms. The Morgan fingerprint density at radius 3 is 1.02 bits per heavy atom. The maximum atomic E-state index is 12.9. The Labute approximate surface area is 431 Å². The summed E-state index contributed by atoms with van der Waals surface area (Å²) < 4.78 is 84.7. The third-order valence-corrected chi connectivity index (χ3v) is 11.8. The SMILES string of the molecule is C.C.CC(C)(C)C(C)(C)C.CC(C)(C)O[C@@H]1CC[C@H]1OC(C)(C)C.CC(C)C(F)F.CC(C)C/C=C/C(F)(F)C(C)C.CC(C)NS(=O)(=O)C1CC1.CCC(C)C.CCC(C)C.[B].[CH3-].[CH3-].[W+2]. The Balaban J connectivity index is -0.0000000603. The van der Waals surface area contributed by atoms with Gasteiger partial charge in [0, 0.05) is 26.3 Å². The van der Waals surface area contributed by atoms with Crippen LogP contribution in [0.4, 0.5) is 17.6 Å². The van der Waals surface area contributed by atoms with Crippen molar-refractivity contribution in [3.63, 3.8) is 0 Å². The molecule has 0 aromatic rings. The quantitative estimate of drug-likeness (QED) is 0.0915. The smallest absolute Gasteiger partial charge is 0.370 e. The van der Waals surface area contributed by atoms with Crippen LogP contribution in [0.5, 0.6) is 0 Å². The van der Waals surface area contributed by atoms with E-state index in [-0.39, 0.29) is 81.7 Å². The molecule has 0 aromatic heterocycles. The van der Waals surface area contributed by atoms with Crippen LogP contribution in [0.1, 0.15) is 240 Å². The van der Waals surface area contributed by atoms with Gasteiger partial charge in [0.15, 0.2) is 0 Å². The van der Waals surface area contributed by atoms with Crippen molar-refractivity contribution in [2.45, 2.75) is 287 Å². The summed E-state index contributed by atoms with van der Waals surface area (Å²) in [6, 6.07) is 0.0330. The minimum atomic E-state index is -2.94. The largest absolute Gasteiger partial charge is 2.00 e. The summed E-state index contributed by atoms with van der Waals surface area (Å²) >= 11 is 0. The second-order valence-electron chi connectivity index (χ2n) is 22.7. The van der Waals surface area contributed by atoms with E-state index in [2.05, 4.69) is 129 Å². The van der Waals surface area contributed by atoms with Crippen LogP contribution in [-0.4, -0.2) is 63.9 Å². The Bertz CT molecular complexity index is 1100. The standard InChI is InChI=1S/C12H24O2.C10H18F2.C8H18.C6H13NO2S.2C5H12.C4H8F2.2CH4.2CH3.B.W/c1-11(2,3)13-9-7-8-10(9)14-12(4,5)6;1-8(2)6-5-7-10(11,12)9(3)4;1-7(2,3)8(4,5)6;1-5(2)7-10(8,9)6-3-4-6;2*1-4-5(2)3;1-3(2)4(5)6;;;;;;/h9-10H,7-8H2,1-6H3;5,7-9H,6H2,1-4H3;1-6H3;5-7H,3-4H2,1-2H3;2*5H,4H2,1-3H3;3-4H,1-2H3;2*1H4;2*1H3;;/q;;;;;;;;;2*-1;;+2/b;7-5+;;;;;;;;;;;/t9-,10-;;;;;;;;;;;;/m1............/s1. The van der Waals surface area contributed by atoms with Gasteiger partial charge in [-0.05, 0) is 122 Å². The Kier molecular flexibility index (Phi) is 61.2. The maximum Gasteiger partial charge on any atom is 2.00 e. The van der Waals surface area contributed by atoms with Gasteiger partial charge >= 0.3 is 21.1 Å². The molecule has 0 saturated heterocycles. The van der Waals surface area contributed by atoms with Gasteiger partial charge in [-0.2, -0.15) is 0 Å². The molecular weight excluding hydrogens is 1030 g/mol. The summed E-state index contributed by atoms with van der Waals surface area (Å²) in [6.07, 6.45) is 8.33.